The quantitative estimate of drug-likeness (QED) is 0.836. The first kappa shape index (κ1) is 17.8. The van der Waals surface area contributed by atoms with Crippen molar-refractivity contribution in [2.24, 2.45) is 0 Å². The molecule has 25 heavy (non-hydrogen) atoms. The van der Waals surface area contributed by atoms with Crippen LogP contribution < -0.4 is 4.74 Å². The molecule has 5 nitrogen and oxygen atoms in total. The summed E-state index contributed by atoms with van der Waals surface area (Å²) in [6, 6.07) is 11.2. The topological polar surface area (TPSA) is 55.8 Å². The third-order valence-corrected chi connectivity index (χ3v) is 6.27. The zero-order chi connectivity index (χ0) is 18.0. The number of halogens is 1. The van der Waals surface area contributed by atoms with E-state index in [4.69, 9.17) is 9.47 Å². The van der Waals surface area contributed by atoms with E-state index < -0.39 is 21.9 Å². The van der Waals surface area contributed by atoms with Gasteiger partial charge >= 0.3 is 0 Å². The molecule has 0 aliphatic carbocycles. The zero-order valence-electron chi connectivity index (χ0n) is 14.1. The fourth-order valence-electron chi connectivity index (χ4n) is 2.88. The van der Waals surface area contributed by atoms with Gasteiger partial charge in [0.05, 0.1) is 24.7 Å². The van der Waals surface area contributed by atoms with Gasteiger partial charge in [0.25, 0.3) is 0 Å². The first-order valence-corrected chi connectivity index (χ1v) is 9.37. The van der Waals surface area contributed by atoms with Crippen LogP contribution in [0.2, 0.25) is 0 Å². The Bertz CT molecular complexity index is 869. The Balaban J connectivity index is 1.88. The minimum atomic E-state index is -3.79. The third kappa shape index (κ3) is 3.68. The van der Waals surface area contributed by atoms with Crippen LogP contribution in [-0.4, -0.2) is 39.5 Å². The number of sulfonamides is 1. The van der Waals surface area contributed by atoms with E-state index in [2.05, 4.69) is 0 Å². The molecule has 134 valence electrons. The third-order valence-electron chi connectivity index (χ3n) is 4.26. The fourth-order valence-corrected chi connectivity index (χ4v) is 4.54. The van der Waals surface area contributed by atoms with E-state index in [-0.39, 0.29) is 24.6 Å². The van der Waals surface area contributed by atoms with Crippen molar-refractivity contribution < 1.29 is 22.3 Å². The molecule has 2 aromatic rings. The van der Waals surface area contributed by atoms with Gasteiger partial charge in [-0.25, -0.2) is 12.8 Å². The van der Waals surface area contributed by atoms with E-state index in [1.54, 1.807) is 14.0 Å². The second kappa shape index (κ2) is 7.11. The van der Waals surface area contributed by atoms with Crippen LogP contribution >= 0.6 is 0 Å². The number of nitrogens with zero attached hydrogens (tertiary/aromatic N) is 1. The van der Waals surface area contributed by atoms with Gasteiger partial charge in [-0.05, 0) is 42.3 Å². The Morgan fingerprint density at radius 1 is 1.24 bits per heavy atom. The number of ether oxygens (including phenoxy) is 2. The van der Waals surface area contributed by atoms with Crippen LogP contribution in [0.3, 0.4) is 0 Å². The lowest BCUT2D eigenvalue weighted by atomic mass is 10.1. The molecule has 2 aromatic carbocycles. The van der Waals surface area contributed by atoms with Crippen molar-refractivity contribution in [1.82, 2.24) is 4.31 Å². The highest BCUT2D eigenvalue weighted by Crippen LogP contribution is 2.29. The van der Waals surface area contributed by atoms with E-state index in [0.29, 0.717) is 11.3 Å². The normalized spacial score (nSPS) is 18.9. The molecule has 1 aliphatic rings. The van der Waals surface area contributed by atoms with Gasteiger partial charge in [0.15, 0.2) is 0 Å². The van der Waals surface area contributed by atoms with E-state index in [0.717, 1.165) is 11.6 Å². The van der Waals surface area contributed by atoms with Gasteiger partial charge < -0.3 is 9.47 Å². The number of hydrogen-bond acceptors (Lipinski definition) is 4. The van der Waals surface area contributed by atoms with Gasteiger partial charge in [0.1, 0.15) is 11.6 Å². The standard InChI is InChI=1S/C18H20FNO4S/c1-13-6-7-15(19)11-18(13)25(21,22)20-8-9-24-17(12-20)14-4-3-5-16(10-14)23-2/h3-7,10-11,17H,8-9,12H2,1-2H3. The summed E-state index contributed by atoms with van der Waals surface area (Å²) in [5.74, 6) is 0.115. The van der Waals surface area contributed by atoms with Gasteiger partial charge in [-0.2, -0.15) is 4.31 Å². The van der Waals surface area contributed by atoms with Crippen LogP contribution in [0, 0.1) is 12.7 Å². The number of morpholine rings is 1. The summed E-state index contributed by atoms with van der Waals surface area (Å²) in [7, 11) is -2.22. The Labute approximate surface area is 147 Å². The minimum absolute atomic E-state index is 0.00112. The second-order valence-corrected chi connectivity index (χ2v) is 7.82. The number of methoxy groups -OCH3 is 1. The van der Waals surface area contributed by atoms with E-state index >= 15 is 0 Å². The smallest absolute Gasteiger partial charge is 0.243 e. The molecular weight excluding hydrogens is 345 g/mol. The van der Waals surface area contributed by atoms with Gasteiger partial charge in [-0.15, -0.1) is 0 Å². The predicted molar refractivity (Wildman–Crippen MR) is 91.6 cm³/mol. The summed E-state index contributed by atoms with van der Waals surface area (Å²) >= 11 is 0. The molecule has 0 bridgehead atoms. The molecule has 1 heterocycles. The van der Waals surface area contributed by atoms with Crippen molar-refractivity contribution in [2.45, 2.75) is 17.9 Å². The van der Waals surface area contributed by atoms with E-state index in [1.165, 1.54) is 16.4 Å². The number of aryl methyl sites for hydroxylation is 1. The molecule has 1 unspecified atom stereocenters. The summed E-state index contributed by atoms with van der Waals surface area (Å²) in [6.07, 6.45) is -0.396. The summed E-state index contributed by atoms with van der Waals surface area (Å²) in [6.45, 7) is 2.34. The second-order valence-electron chi connectivity index (χ2n) is 5.91. The molecule has 0 amide bonds. The van der Waals surface area contributed by atoms with Gasteiger partial charge in [0.2, 0.25) is 10.0 Å². The van der Waals surface area contributed by atoms with E-state index in [1.807, 2.05) is 24.3 Å². The van der Waals surface area contributed by atoms with Crippen LogP contribution in [0.1, 0.15) is 17.2 Å². The molecule has 0 radical (unpaired) electrons. The van der Waals surface area contributed by atoms with E-state index in [9.17, 15) is 12.8 Å². The molecule has 3 rings (SSSR count). The van der Waals surface area contributed by atoms with Crippen molar-refractivity contribution in [1.29, 1.82) is 0 Å². The van der Waals surface area contributed by atoms with Crippen LogP contribution in [0.15, 0.2) is 47.4 Å². The predicted octanol–water partition coefficient (Wildman–Crippen LogP) is 2.90. The monoisotopic (exact) mass is 365 g/mol. The van der Waals surface area contributed by atoms with Crippen molar-refractivity contribution in [3.05, 3.63) is 59.4 Å². The van der Waals surface area contributed by atoms with Crippen LogP contribution in [0.5, 0.6) is 5.75 Å². The lowest BCUT2D eigenvalue weighted by Gasteiger charge is -2.32. The first-order chi connectivity index (χ1) is 11.9. The maximum Gasteiger partial charge on any atom is 0.243 e. The summed E-state index contributed by atoms with van der Waals surface area (Å²) in [5, 5.41) is 0. The maximum absolute atomic E-state index is 13.5. The molecule has 1 fully saturated rings. The highest BCUT2D eigenvalue weighted by Gasteiger charge is 2.32. The largest absolute Gasteiger partial charge is 0.497 e. The van der Waals surface area contributed by atoms with Gasteiger partial charge in [0, 0.05) is 13.1 Å². The molecule has 0 saturated carbocycles. The lowest BCUT2D eigenvalue weighted by molar-refractivity contribution is -0.00266. The molecule has 0 N–H and O–H groups in total. The highest BCUT2D eigenvalue weighted by molar-refractivity contribution is 7.89. The van der Waals surface area contributed by atoms with Gasteiger partial charge in [-0.3, -0.25) is 0 Å². The number of benzene rings is 2. The van der Waals surface area contributed by atoms with Crippen LogP contribution in [0.4, 0.5) is 4.39 Å². The number of rotatable bonds is 4. The van der Waals surface area contributed by atoms with Gasteiger partial charge in [-0.1, -0.05) is 18.2 Å². The molecule has 0 spiro atoms. The number of hydrogen-bond donors (Lipinski definition) is 0. The maximum atomic E-state index is 13.5. The summed E-state index contributed by atoms with van der Waals surface area (Å²) < 4.78 is 51.7. The molecular formula is C18H20FNO4S. The lowest BCUT2D eigenvalue weighted by Crippen LogP contribution is -2.42. The zero-order valence-corrected chi connectivity index (χ0v) is 14.9. The Kier molecular flexibility index (Phi) is 5.08. The first-order valence-electron chi connectivity index (χ1n) is 7.93. The summed E-state index contributed by atoms with van der Waals surface area (Å²) in [4.78, 5) is -0.00112. The van der Waals surface area contributed by atoms with Crippen LogP contribution in [0.25, 0.3) is 0 Å². The fraction of sp³-hybridized carbons (Fsp3) is 0.333. The van der Waals surface area contributed by atoms with Crippen LogP contribution in [-0.2, 0) is 14.8 Å². The Morgan fingerprint density at radius 3 is 2.80 bits per heavy atom. The van der Waals surface area contributed by atoms with Crippen molar-refractivity contribution >= 4 is 10.0 Å². The highest BCUT2D eigenvalue weighted by atomic mass is 32.2. The molecule has 1 saturated heterocycles. The minimum Gasteiger partial charge on any atom is -0.497 e. The SMILES string of the molecule is COc1cccc(C2CN(S(=O)(=O)c3cc(F)ccc3C)CCO2)c1. The van der Waals surface area contributed by atoms with Crippen molar-refractivity contribution in [3.63, 3.8) is 0 Å². The average molecular weight is 365 g/mol. The Hall–Kier alpha value is -1.96. The molecule has 0 aromatic heterocycles. The van der Waals surface area contributed by atoms with Crippen molar-refractivity contribution in [3.8, 4) is 5.75 Å². The summed E-state index contributed by atoms with van der Waals surface area (Å²) in [5.41, 5.74) is 1.36. The molecule has 1 atom stereocenters. The molecule has 1 aliphatic heterocycles. The Morgan fingerprint density at radius 2 is 2.04 bits per heavy atom. The average Bonchev–Trinajstić information content (AvgIpc) is 2.63. The molecule has 7 heteroatoms. The van der Waals surface area contributed by atoms with Crippen molar-refractivity contribution in [2.75, 3.05) is 26.8 Å².